The molecule has 0 atom stereocenters. The zero-order valence-electron chi connectivity index (χ0n) is 16.7. The third-order valence-corrected chi connectivity index (χ3v) is 5.89. The third-order valence-electron chi connectivity index (χ3n) is 4.69. The number of amidine groups is 1. The van der Waals surface area contributed by atoms with Gasteiger partial charge in [-0.05, 0) is 60.3 Å². The maximum atomic E-state index is 13.3. The number of carbonyl (C=O) groups excluding carboxylic acids is 1. The highest BCUT2D eigenvalue weighted by atomic mass is 35.5. The molecule has 0 N–H and O–H groups in total. The Bertz CT molecular complexity index is 1330. The van der Waals surface area contributed by atoms with Crippen molar-refractivity contribution < 1.29 is 9.21 Å². The molecule has 156 valence electrons. The van der Waals surface area contributed by atoms with E-state index in [1.54, 1.807) is 23.2 Å². The van der Waals surface area contributed by atoms with E-state index in [9.17, 15) is 4.79 Å². The molecular formula is C25H16ClN3O2S. The van der Waals surface area contributed by atoms with Crippen LogP contribution in [0.5, 0.6) is 0 Å². The minimum Gasteiger partial charge on any atom is -0.457 e. The van der Waals surface area contributed by atoms with E-state index in [1.807, 2.05) is 78.9 Å². The quantitative estimate of drug-likeness (QED) is 0.316. The normalized spacial score (nSPS) is 16.3. The van der Waals surface area contributed by atoms with Crippen LogP contribution in [0.4, 0.5) is 11.5 Å². The number of hydrogen-bond donors (Lipinski definition) is 0. The Hall–Kier alpha value is -3.61. The number of anilines is 1. The first kappa shape index (κ1) is 20.3. The summed E-state index contributed by atoms with van der Waals surface area (Å²) >= 11 is 7.37. The van der Waals surface area contributed by atoms with Gasteiger partial charge in [0.2, 0.25) is 0 Å². The number of nitrogens with zero attached hydrogens (tertiary/aromatic N) is 3. The van der Waals surface area contributed by atoms with Crippen LogP contribution in [0.1, 0.15) is 5.76 Å². The second-order valence-corrected chi connectivity index (χ2v) is 8.33. The molecule has 1 aliphatic heterocycles. The number of aliphatic imine (C=N–C) groups is 1. The summed E-state index contributed by atoms with van der Waals surface area (Å²) in [5.41, 5.74) is 1.61. The number of aromatic nitrogens is 1. The molecule has 7 heteroatoms. The zero-order chi connectivity index (χ0) is 21.9. The molecular weight excluding hydrogens is 442 g/mol. The molecule has 2 aromatic heterocycles. The van der Waals surface area contributed by atoms with Gasteiger partial charge in [0.25, 0.3) is 5.91 Å². The molecule has 5 nitrogen and oxygen atoms in total. The number of carbonyl (C=O) groups is 1. The molecule has 3 heterocycles. The largest absolute Gasteiger partial charge is 0.457 e. The molecule has 32 heavy (non-hydrogen) atoms. The topological polar surface area (TPSA) is 58.7 Å². The van der Waals surface area contributed by atoms with Crippen molar-refractivity contribution in [3.05, 3.63) is 107 Å². The van der Waals surface area contributed by atoms with Gasteiger partial charge in [-0.1, -0.05) is 48.0 Å². The molecule has 1 aliphatic rings. The monoisotopic (exact) mass is 457 g/mol. The first-order chi connectivity index (χ1) is 15.7. The molecule has 0 aliphatic carbocycles. The van der Waals surface area contributed by atoms with Crippen molar-refractivity contribution in [2.75, 3.05) is 4.90 Å². The zero-order valence-corrected chi connectivity index (χ0v) is 18.3. The van der Waals surface area contributed by atoms with Crippen LogP contribution in [0.25, 0.3) is 17.4 Å². The molecule has 5 rings (SSSR count). The maximum absolute atomic E-state index is 13.3. The second-order valence-electron chi connectivity index (χ2n) is 6.88. The molecule has 0 saturated carbocycles. The van der Waals surface area contributed by atoms with Gasteiger partial charge < -0.3 is 4.42 Å². The van der Waals surface area contributed by atoms with Crippen molar-refractivity contribution in [2.24, 2.45) is 4.99 Å². The van der Waals surface area contributed by atoms with Crippen LogP contribution in [0.2, 0.25) is 5.02 Å². The Balaban J connectivity index is 1.50. The van der Waals surface area contributed by atoms with Crippen LogP contribution in [-0.4, -0.2) is 16.1 Å². The number of hydrogen-bond acceptors (Lipinski definition) is 5. The Morgan fingerprint density at radius 2 is 1.81 bits per heavy atom. The average Bonchev–Trinajstić information content (AvgIpc) is 3.40. The van der Waals surface area contributed by atoms with Crippen LogP contribution in [-0.2, 0) is 4.79 Å². The van der Waals surface area contributed by atoms with Crippen molar-refractivity contribution in [1.82, 2.24) is 4.98 Å². The number of halogens is 1. The van der Waals surface area contributed by atoms with Crippen LogP contribution in [0.15, 0.2) is 105 Å². The Morgan fingerprint density at radius 3 is 2.59 bits per heavy atom. The van der Waals surface area contributed by atoms with Crippen molar-refractivity contribution >= 4 is 52.0 Å². The smallest absolute Gasteiger partial charge is 0.271 e. The lowest BCUT2D eigenvalue weighted by Gasteiger charge is -2.15. The van der Waals surface area contributed by atoms with Crippen molar-refractivity contribution in [1.29, 1.82) is 0 Å². The van der Waals surface area contributed by atoms with E-state index in [0.717, 1.165) is 11.3 Å². The van der Waals surface area contributed by atoms with Gasteiger partial charge >= 0.3 is 0 Å². The summed E-state index contributed by atoms with van der Waals surface area (Å²) < 4.78 is 5.96. The lowest BCUT2D eigenvalue weighted by Crippen LogP contribution is -2.28. The lowest BCUT2D eigenvalue weighted by atomic mass is 10.2. The Kier molecular flexibility index (Phi) is 5.62. The van der Waals surface area contributed by atoms with Gasteiger partial charge in [-0.25, -0.2) is 9.98 Å². The maximum Gasteiger partial charge on any atom is 0.271 e. The van der Waals surface area contributed by atoms with E-state index in [-0.39, 0.29) is 5.91 Å². The van der Waals surface area contributed by atoms with Crippen LogP contribution in [0, 0.1) is 0 Å². The molecule has 1 fully saturated rings. The van der Waals surface area contributed by atoms with Gasteiger partial charge in [0.1, 0.15) is 11.5 Å². The fourth-order valence-corrected chi connectivity index (χ4v) is 4.39. The summed E-state index contributed by atoms with van der Waals surface area (Å²) in [4.78, 5) is 24.3. The number of para-hydroxylation sites is 1. The number of pyridine rings is 1. The van der Waals surface area contributed by atoms with E-state index >= 15 is 0 Å². The molecule has 4 aromatic rings. The Morgan fingerprint density at radius 1 is 0.969 bits per heavy atom. The predicted octanol–water partition coefficient (Wildman–Crippen LogP) is 6.80. The first-order valence-electron chi connectivity index (χ1n) is 9.82. The molecule has 0 unspecified atom stereocenters. The SMILES string of the molecule is O=C1/C(=C\c2ccc(-c3cccc(Cl)c3)o2)S/C(=N/c2ccccn2)N1c1ccccc1. The standard InChI is InChI=1S/C25H16ClN3O2S/c26-18-8-6-7-17(15-18)21-13-12-20(31-21)16-22-24(30)29(19-9-2-1-3-10-19)25(32-22)28-23-11-4-5-14-27-23/h1-16H/b22-16+,28-25+. The number of thioether (sulfide) groups is 1. The van der Waals surface area contributed by atoms with Crippen molar-refractivity contribution in [3.63, 3.8) is 0 Å². The fraction of sp³-hybridized carbons (Fsp3) is 0. The van der Waals surface area contributed by atoms with Crippen LogP contribution in [0.3, 0.4) is 0 Å². The highest BCUT2D eigenvalue weighted by Gasteiger charge is 2.35. The summed E-state index contributed by atoms with van der Waals surface area (Å²) in [5.74, 6) is 1.61. The second kappa shape index (κ2) is 8.86. The molecule has 0 spiro atoms. The van der Waals surface area contributed by atoms with E-state index < -0.39 is 0 Å². The lowest BCUT2D eigenvalue weighted by molar-refractivity contribution is -0.113. The highest BCUT2D eigenvalue weighted by Crippen LogP contribution is 2.37. The van der Waals surface area contributed by atoms with E-state index in [4.69, 9.17) is 16.0 Å². The van der Waals surface area contributed by atoms with Crippen molar-refractivity contribution in [3.8, 4) is 11.3 Å². The fourth-order valence-electron chi connectivity index (χ4n) is 3.23. The minimum absolute atomic E-state index is 0.170. The van der Waals surface area contributed by atoms with E-state index in [2.05, 4.69) is 9.98 Å². The molecule has 1 amide bonds. The highest BCUT2D eigenvalue weighted by molar-refractivity contribution is 8.19. The molecule has 0 bridgehead atoms. The van der Waals surface area contributed by atoms with Gasteiger partial charge in [-0.15, -0.1) is 0 Å². The van der Waals surface area contributed by atoms with Gasteiger partial charge in [-0.3, -0.25) is 9.69 Å². The summed E-state index contributed by atoms with van der Waals surface area (Å²) in [6.45, 7) is 0. The molecule has 1 saturated heterocycles. The van der Waals surface area contributed by atoms with Gasteiger partial charge in [0.05, 0.1) is 10.6 Å². The van der Waals surface area contributed by atoms with Gasteiger partial charge in [0, 0.05) is 22.9 Å². The van der Waals surface area contributed by atoms with Crippen LogP contribution >= 0.6 is 23.4 Å². The van der Waals surface area contributed by atoms with E-state index in [0.29, 0.717) is 32.4 Å². The molecule has 0 radical (unpaired) electrons. The number of furan rings is 1. The summed E-state index contributed by atoms with van der Waals surface area (Å²) in [7, 11) is 0. The van der Waals surface area contributed by atoms with Crippen molar-refractivity contribution in [2.45, 2.75) is 0 Å². The number of amides is 1. The summed E-state index contributed by atoms with van der Waals surface area (Å²) in [6.07, 6.45) is 3.41. The summed E-state index contributed by atoms with van der Waals surface area (Å²) in [6, 6.07) is 26.0. The summed E-state index contributed by atoms with van der Waals surface area (Å²) in [5, 5.41) is 1.17. The number of rotatable bonds is 4. The minimum atomic E-state index is -0.170. The average molecular weight is 458 g/mol. The number of benzene rings is 2. The van der Waals surface area contributed by atoms with Crippen LogP contribution < -0.4 is 4.90 Å². The van der Waals surface area contributed by atoms with Gasteiger partial charge in [0.15, 0.2) is 11.0 Å². The first-order valence-corrected chi connectivity index (χ1v) is 11.0. The van der Waals surface area contributed by atoms with Gasteiger partial charge in [-0.2, -0.15) is 0 Å². The Labute approximate surface area is 194 Å². The molecule has 2 aromatic carbocycles. The van der Waals surface area contributed by atoms with E-state index in [1.165, 1.54) is 11.8 Å². The predicted molar refractivity (Wildman–Crippen MR) is 130 cm³/mol. The third kappa shape index (κ3) is 4.23.